The van der Waals surface area contributed by atoms with Crippen LogP contribution < -0.4 is 10.6 Å². The van der Waals surface area contributed by atoms with Crippen molar-refractivity contribution in [2.75, 3.05) is 20.1 Å². The van der Waals surface area contributed by atoms with E-state index < -0.39 is 0 Å². The second kappa shape index (κ2) is 9.34. The monoisotopic (exact) mass is 354 g/mol. The van der Waals surface area contributed by atoms with E-state index in [4.69, 9.17) is 0 Å². The Hall–Kier alpha value is -2.40. The Bertz CT molecular complexity index is 709. The second-order valence-electron chi connectivity index (χ2n) is 6.70. The maximum absolute atomic E-state index is 13.7. The fourth-order valence-electron chi connectivity index (χ4n) is 3.29. The largest absolute Gasteiger partial charge is 0.354 e. The van der Waals surface area contributed by atoms with Crippen LogP contribution in [0.25, 0.3) is 0 Å². The zero-order valence-electron chi connectivity index (χ0n) is 15.3. The van der Waals surface area contributed by atoms with Gasteiger partial charge in [0.1, 0.15) is 5.82 Å². The molecule has 0 amide bonds. The number of rotatable bonds is 5. The predicted octanol–water partition coefficient (Wildman–Crippen LogP) is 3.16. The van der Waals surface area contributed by atoms with E-state index in [0.717, 1.165) is 38.4 Å². The maximum atomic E-state index is 13.7. The van der Waals surface area contributed by atoms with Gasteiger partial charge in [0.05, 0.1) is 0 Å². The number of hydrogen-bond donors (Lipinski definition) is 2. The molecule has 138 valence electrons. The van der Waals surface area contributed by atoms with E-state index in [1.54, 1.807) is 19.2 Å². The summed E-state index contributed by atoms with van der Waals surface area (Å²) in [5, 5.41) is 6.68. The standard InChI is InChI=1S/C21H27FN4/c1-23-21(24-15-18-9-5-6-10-20(18)22)25-19-11-13-26(14-12-19)16-17-7-3-2-4-8-17/h2-10,19H,11-16H2,1H3,(H2,23,24,25). The number of piperidine rings is 1. The van der Waals surface area contributed by atoms with Crippen molar-refractivity contribution < 1.29 is 4.39 Å². The third kappa shape index (κ3) is 5.30. The van der Waals surface area contributed by atoms with Crippen molar-refractivity contribution in [2.24, 2.45) is 4.99 Å². The van der Waals surface area contributed by atoms with Crippen LogP contribution in [0.3, 0.4) is 0 Å². The van der Waals surface area contributed by atoms with Crippen LogP contribution in [-0.4, -0.2) is 37.0 Å². The molecule has 0 spiro atoms. The molecule has 0 aliphatic carbocycles. The number of hydrogen-bond acceptors (Lipinski definition) is 2. The highest BCUT2D eigenvalue weighted by Crippen LogP contribution is 2.14. The lowest BCUT2D eigenvalue weighted by Gasteiger charge is -2.33. The van der Waals surface area contributed by atoms with Gasteiger partial charge < -0.3 is 10.6 Å². The Morgan fingerprint density at radius 2 is 1.77 bits per heavy atom. The highest BCUT2D eigenvalue weighted by atomic mass is 19.1. The van der Waals surface area contributed by atoms with Crippen LogP contribution in [0.5, 0.6) is 0 Å². The molecular weight excluding hydrogens is 327 g/mol. The first-order chi connectivity index (χ1) is 12.7. The summed E-state index contributed by atoms with van der Waals surface area (Å²) in [5.74, 6) is 0.541. The van der Waals surface area contributed by atoms with Crippen LogP contribution in [0.2, 0.25) is 0 Å². The lowest BCUT2D eigenvalue weighted by atomic mass is 10.0. The van der Waals surface area contributed by atoms with Crippen molar-refractivity contribution in [3.63, 3.8) is 0 Å². The predicted molar refractivity (Wildman–Crippen MR) is 104 cm³/mol. The molecule has 0 saturated carbocycles. The van der Waals surface area contributed by atoms with Crippen LogP contribution in [0.4, 0.5) is 4.39 Å². The number of aliphatic imine (C=N–C) groups is 1. The SMILES string of the molecule is CN=C(NCc1ccccc1F)NC1CCN(Cc2ccccc2)CC1. The van der Waals surface area contributed by atoms with Gasteiger partial charge >= 0.3 is 0 Å². The average molecular weight is 354 g/mol. The number of nitrogens with zero attached hydrogens (tertiary/aromatic N) is 2. The van der Waals surface area contributed by atoms with Gasteiger partial charge in [0.25, 0.3) is 0 Å². The van der Waals surface area contributed by atoms with Crippen molar-refractivity contribution >= 4 is 5.96 Å². The zero-order valence-corrected chi connectivity index (χ0v) is 15.3. The second-order valence-corrected chi connectivity index (χ2v) is 6.70. The molecular formula is C21H27FN4. The molecule has 0 radical (unpaired) electrons. The molecule has 0 unspecified atom stereocenters. The van der Waals surface area contributed by atoms with E-state index in [9.17, 15) is 4.39 Å². The lowest BCUT2D eigenvalue weighted by Crippen LogP contribution is -2.48. The van der Waals surface area contributed by atoms with Gasteiger partial charge in [-0.15, -0.1) is 0 Å². The summed E-state index contributed by atoms with van der Waals surface area (Å²) in [6, 6.07) is 17.8. The van der Waals surface area contributed by atoms with Crippen LogP contribution in [0.1, 0.15) is 24.0 Å². The van der Waals surface area contributed by atoms with Crippen molar-refractivity contribution in [1.82, 2.24) is 15.5 Å². The Morgan fingerprint density at radius 3 is 2.46 bits per heavy atom. The number of halogens is 1. The molecule has 2 aromatic carbocycles. The van der Waals surface area contributed by atoms with Crippen LogP contribution in [0, 0.1) is 5.82 Å². The van der Waals surface area contributed by atoms with Gasteiger partial charge in [0.2, 0.25) is 0 Å². The van der Waals surface area contributed by atoms with Gasteiger partial charge in [-0.3, -0.25) is 9.89 Å². The molecule has 1 fully saturated rings. The summed E-state index contributed by atoms with van der Waals surface area (Å²) in [6.45, 7) is 3.57. The molecule has 3 rings (SSSR count). The molecule has 0 aromatic heterocycles. The van der Waals surface area contributed by atoms with E-state index in [-0.39, 0.29) is 5.82 Å². The van der Waals surface area contributed by atoms with Crippen molar-refractivity contribution in [3.8, 4) is 0 Å². The van der Waals surface area contributed by atoms with Gasteiger partial charge in [0, 0.05) is 44.8 Å². The van der Waals surface area contributed by atoms with Crippen molar-refractivity contribution in [2.45, 2.75) is 32.0 Å². The first-order valence-corrected chi connectivity index (χ1v) is 9.21. The molecule has 26 heavy (non-hydrogen) atoms. The van der Waals surface area contributed by atoms with Gasteiger partial charge in [0.15, 0.2) is 5.96 Å². The van der Waals surface area contributed by atoms with E-state index in [0.29, 0.717) is 18.2 Å². The molecule has 1 heterocycles. The van der Waals surface area contributed by atoms with E-state index in [1.807, 2.05) is 6.07 Å². The highest BCUT2D eigenvalue weighted by Gasteiger charge is 2.20. The fraction of sp³-hybridized carbons (Fsp3) is 0.381. The molecule has 5 heteroatoms. The molecule has 0 bridgehead atoms. The Morgan fingerprint density at radius 1 is 1.08 bits per heavy atom. The van der Waals surface area contributed by atoms with Gasteiger partial charge in [-0.1, -0.05) is 48.5 Å². The summed E-state index contributed by atoms with van der Waals surface area (Å²) >= 11 is 0. The minimum Gasteiger partial charge on any atom is -0.354 e. The Kier molecular flexibility index (Phi) is 6.61. The average Bonchev–Trinajstić information content (AvgIpc) is 2.68. The topological polar surface area (TPSA) is 39.7 Å². The number of guanidine groups is 1. The summed E-state index contributed by atoms with van der Waals surface area (Å²) in [5.41, 5.74) is 2.01. The minimum atomic E-state index is -0.190. The molecule has 1 saturated heterocycles. The van der Waals surface area contributed by atoms with Crippen LogP contribution in [-0.2, 0) is 13.1 Å². The molecule has 4 nitrogen and oxygen atoms in total. The van der Waals surface area contributed by atoms with Gasteiger partial charge in [-0.2, -0.15) is 0 Å². The smallest absolute Gasteiger partial charge is 0.191 e. The Balaban J connectivity index is 1.43. The summed E-state index contributed by atoms with van der Waals surface area (Å²) < 4.78 is 13.7. The molecule has 2 N–H and O–H groups in total. The quantitative estimate of drug-likeness (QED) is 0.640. The van der Waals surface area contributed by atoms with E-state index in [2.05, 4.69) is 50.9 Å². The van der Waals surface area contributed by atoms with Crippen LogP contribution >= 0.6 is 0 Å². The summed E-state index contributed by atoms with van der Waals surface area (Å²) in [6.07, 6.45) is 2.15. The minimum absolute atomic E-state index is 0.190. The normalized spacial score (nSPS) is 16.5. The van der Waals surface area contributed by atoms with Gasteiger partial charge in [-0.05, 0) is 24.5 Å². The highest BCUT2D eigenvalue weighted by molar-refractivity contribution is 5.79. The number of likely N-dealkylation sites (tertiary alicyclic amines) is 1. The van der Waals surface area contributed by atoms with Crippen molar-refractivity contribution in [1.29, 1.82) is 0 Å². The molecule has 0 atom stereocenters. The lowest BCUT2D eigenvalue weighted by molar-refractivity contribution is 0.198. The van der Waals surface area contributed by atoms with E-state index >= 15 is 0 Å². The first kappa shape index (κ1) is 18.4. The summed E-state index contributed by atoms with van der Waals surface area (Å²) in [4.78, 5) is 6.76. The third-order valence-electron chi connectivity index (χ3n) is 4.81. The first-order valence-electron chi connectivity index (χ1n) is 9.21. The fourth-order valence-corrected chi connectivity index (χ4v) is 3.29. The molecule has 1 aliphatic heterocycles. The number of nitrogens with one attached hydrogen (secondary N) is 2. The number of benzene rings is 2. The van der Waals surface area contributed by atoms with Crippen LogP contribution in [0.15, 0.2) is 59.6 Å². The molecule has 1 aliphatic rings. The zero-order chi connectivity index (χ0) is 18.2. The van der Waals surface area contributed by atoms with E-state index in [1.165, 1.54) is 11.6 Å². The Labute approximate surface area is 155 Å². The molecule has 2 aromatic rings. The third-order valence-corrected chi connectivity index (χ3v) is 4.81. The van der Waals surface area contributed by atoms with Crippen molar-refractivity contribution in [3.05, 3.63) is 71.5 Å². The maximum Gasteiger partial charge on any atom is 0.191 e. The van der Waals surface area contributed by atoms with Gasteiger partial charge in [-0.25, -0.2) is 4.39 Å². The summed E-state index contributed by atoms with van der Waals surface area (Å²) in [7, 11) is 1.75.